The van der Waals surface area contributed by atoms with Crippen LogP contribution in [0.15, 0.2) is 18.2 Å². The molecule has 2 aromatic rings. The van der Waals surface area contributed by atoms with Gasteiger partial charge in [0, 0.05) is 0 Å². The van der Waals surface area contributed by atoms with Crippen LogP contribution in [0.1, 0.15) is 19.4 Å². The summed E-state index contributed by atoms with van der Waals surface area (Å²) >= 11 is 1.44. The molecule has 0 bridgehead atoms. The summed E-state index contributed by atoms with van der Waals surface area (Å²) in [5.41, 5.74) is 2.26. The third-order valence-electron chi connectivity index (χ3n) is 1.40. The van der Waals surface area contributed by atoms with E-state index in [4.69, 9.17) is 0 Å². The lowest BCUT2D eigenvalue weighted by molar-refractivity contribution is 1.20. The van der Waals surface area contributed by atoms with E-state index in [2.05, 4.69) is 22.6 Å². The van der Waals surface area contributed by atoms with E-state index in [1.54, 1.807) is 0 Å². The highest BCUT2D eigenvalue weighted by molar-refractivity contribution is 7.12. The van der Waals surface area contributed by atoms with Gasteiger partial charge in [-0.15, -0.1) is 5.10 Å². The summed E-state index contributed by atoms with van der Waals surface area (Å²) in [6.07, 6.45) is 0. The minimum atomic E-state index is 0.996. The normalized spacial score (nSPS) is 9.25. The highest BCUT2D eigenvalue weighted by Gasteiger charge is 1.95. The molecule has 0 amide bonds. The molecule has 12 heavy (non-hydrogen) atoms. The van der Waals surface area contributed by atoms with Crippen LogP contribution in [0.4, 0.5) is 0 Å². The molecule has 0 N–H and O–H groups in total. The summed E-state index contributed by atoms with van der Waals surface area (Å²) in [6.45, 7) is 6.07. The van der Waals surface area contributed by atoms with Gasteiger partial charge in [-0.25, -0.2) is 0 Å². The maximum absolute atomic E-state index is 3.93. The van der Waals surface area contributed by atoms with Crippen molar-refractivity contribution in [2.24, 2.45) is 0 Å². The predicted molar refractivity (Wildman–Crippen MR) is 53.5 cm³/mol. The Balaban J connectivity index is 0.000000336. The quantitative estimate of drug-likeness (QED) is 0.622. The Kier molecular flexibility index (Phi) is 3.17. The average Bonchev–Trinajstić information content (AvgIpc) is 2.54. The Labute approximate surface area is 76.4 Å². The van der Waals surface area contributed by atoms with Gasteiger partial charge in [-0.2, -0.15) is 0 Å². The van der Waals surface area contributed by atoms with Crippen molar-refractivity contribution in [3.05, 3.63) is 23.8 Å². The Morgan fingerprint density at radius 1 is 1.25 bits per heavy atom. The molecular formula is C9H12N2S. The van der Waals surface area contributed by atoms with Crippen molar-refractivity contribution >= 4 is 21.7 Å². The second-order valence-electron chi connectivity index (χ2n) is 2.24. The molecule has 0 radical (unpaired) electrons. The summed E-state index contributed by atoms with van der Waals surface area (Å²) in [4.78, 5) is 0. The monoisotopic (exact) mass is 180 g/mol. The van der Waals surface area contributed by atoms with E-state index in [1.807, 2.05) is 26.0 Å². The van der Waals surface area contributed by atoms with E-state index in [9.17, 15) is 0 Å². The molecule has 1 heterocycles. The number of rotatable bonds is 0. The van der Waals surface area contributed by atoms with Crippen molar-refractivity contribution in [3.63, 3.8) is 0 Å². The molecule has 64 valence electrons. The summed E-state index contributed by atoms with van der Waals surface area (Å²) < 4.78 is 5.00. The zero-order valence-corrected chi connectivity index (χ0v) is 8.35. The zero-order valence-electron chi connectivity index (χ0n) is 7.53. The molecule has 0 atom stereocenters. The van der Waals surface area contributed by atoms with E-state index in [0.29, 0.717) is 0 Å². The first-order chi connectivity index (χ1) is 5.86. The molecule has 0 aliphatic heterocycles. The van der Waals surface area contributed by atoms with Crippen LogP contribution >= 0.6 is 11.5 Å². The van der Waals surface area contributed by atoms with Crippen LogP contribution in [0.2, 0.25) is 0 Å². The molecule has 3 heteroatoms. The summed E-state index contributed by atoms with van der Waals surface area (Å²) in [6, 6.07) is 6.14. The van der Waals surface area contributed by atoms with Crippen LogP contribution in [0, 0.1) is 6.92 Å². The number of aromatic nitrogens is 2. The van der Waals surface area contributed by atoms with Crippen molar-refractivity contribution in [1.82, 2.24) is 9.59 Å². The molecule has 0 aliphatic rings. The number of nitrogens with zero attached hydrogens (tertiary/aromatic N) is 2. The van der Waals surface area contributed by atoms with Gasteiger partial charge in [0.05, 0.1) is 4.70 Å². The smallest absolute Gasteiger partial charge is 0.105 e. The van der Waals surface area contributed by atoms with Crippen LogP contribution in [-0.4, -0.2) is 9.59 Å². The van der Waals surface area contributed by atoms with Gasteiger partial charge < -0.3 is 0 Å². The lowest BCUT2D eigenvalue weighted by Crippen LogP contribution is -1.69. The van der Waals surface area contributed by atoms with E-state index in [0.717, 1.165) is 5.52 Å². The van der Waals surface area contributed by atoms with Gasteiger partial charge in [-0.3, -0.25) is 0 Å². The summed E-state index contributed by atoms with van der Waals surface area (Å²) in [5, 5.41) is 3.93. The number of benzene rings is 1. The van der Waals surface area contributed by atoms with Gasteiger partial charge in [0.25, 0.3) is 0 Å². The molecule has 0 unspecified atom stereocenters. The van der Waals surface area contributed by atoms with Crippen molar-refractivity contribution in [2.75, 3.05) is 0 Å². The minimum absolute atomic E-state index is 0.996. The lowest BCUT2D eigenvalue weighted by Gasteiger charge is -1.87. The number of fused-ring (bicyclic) bond motifs is 1. The SMILES string of the molecule is CC.Cc1ccc2nnsc2c1. The summed E-state index contributed by atoms with van der Waals surface area (Å²) in [5.74, 6) is 0. The Bertz CT molecular complexity index is 354. The first-order valence-electron chi connectivity index (χ1n) is 4.05. The standard InChI is InChI=1S/C7H6N2S.C2H6/c1-5-2-3-6-7(4-5)10-9-8-6;1-2/h2-4H,1H3;1-2H3. The molecule has 2 nitrogen and oxygen atoms in total. The van der Waals surface area contributed by atoms with Gasteiger partial charge in [0.15, 0.2) is 0 Å². The molecule has 0 spiro atoms. The van der Waals surface area contributed by atoms with Gasteiger partial charge in [0.1, 0.15) is 5.52 Å². The average molecular weight is 180 g/mol. The first-order valence-corrected chi connectivity index (χ1v) is 4.82. The molecule has 1 aromatic heterocycles. The molecule has 0 saturated heterocycles. The Morgan fingerprint density at radius 3 is 2.75 bits per heavy atom. The predicted octanol–water partition coefficient (Wildman–Crippen LogP) is 3.03. The minimum Gasteiger partial charge on any atom is -0.138 e. The Hall–Kier alpha value is -0.960. The van der Waals surface area contributed by atoms with Gasteiger partial charge in [0.2, 0.25) is 0 Å². The van der Waals surface area contributed by atoms with Gasteiger partial charge in [-0.1, -0.05) is 24.4 Å². The topological polar surface area (TPSA) is 25.8 Å². The fourth-order valence-electron chi connectivity index (χ4n) is 0.885. The van der Waals surface area contributed by atoms with Crippen molar-refractivity contribution < 1.29 is 0 Å². The van der Waals surface area contributed by atoms with Crippen molar-refractivity contribution in [3.8, 4) is 0 Å². The maximum atomic E-state index is 3.93. The third-order valence-corrected chi connectivity index (χ3v) is 2.09. The number of hydrogen-bond acceptors (Lipinski definition) is 3. The molecule has 0 fully saturated rings. The second kappa shape index (κ2) is 4.16. The fourth-order valence-corrected chi connectivity index (χ4v) is 1.54. The molecule has 0 saturated carbocycles. The first kappa shape index (κ1) is 9.13. The largest absolute Gasteiger partial charge is 0.138 e. The highest BCUT2D eigenvalue weighted by Crippen LogP contribution is 2.15. The summed E-state index contributed by atoms with van der Waals surface area (Å²) in [7, 11) is 0. The van der Waals surface area contributed by atoms with E-state index >= 15 is 0 Å². The molecule has 2 rings (SSSR count). The van der Waals surface area contributed by atoms with Crippen LogP contribution in [0.5, 0.6) is 0 Å². The van der Waals surface area contributed by atoms with Crippen molar-refractivity contribution in [1.29, 1.82) is 0 Å². The van der Waals surface area contributed by atoms with Crippen LogP contribution in [0.3, 0.4) is 0 Å². The van der Waals surface area contributed by atoms with E-state index < -0.39 is 0 Å². The molecule has 1 aromatic carbocycles. The second-order valence-corrected chi connectivity index (χ2v) is 3.03. The number of aryl methyl sites for hydroxylation is 1. The van der Waals surface area contributed by atoms with Gasteiger partial charge in [-0.05, 0) is 36.2 Å². The van der Waals surface area contributed by atoms with Crippen LogP contribution in [0.25, 0.3) is 10.2 Å². The zero-order chi connectivity index (χ0) is 8.97. The fraction of sp³-hybridized carbons (Fsp3) is 0.333. The van der Waals surface area contributed by atoms with E-state index in [-0.39, 0.29) is 0 Å². The Morgan fingerprint density at radius 2 is 2.00 bits per heavy atom. The third kappa shape index (κ3) is 1.80. The lowest BCUT2D eigenvalue weighted by atomic mass is 10.2. The van der Waals surface area contributed by atoms with Gasteiger partial charge >= 0.3 is 0 Å². The van der Waals surface area contributed by atoms with Crippen LogP contribution < -0.4 is 0 Å². The van der Waals surface area contributed by atoms with E-state index in [1.165, 1.54) is 21.8 Å². The molecular weight excluding hydrogens is 168 g/mol. The maximum Gasteiger partial charge on any atom is 0.105 e. The molecule has 0 aliphatic carbocycles. The van der Waals surface area contributed by atoms with Crippen LogP contribution in [-0.2, 0) is 0 Å². The number of hydrogen-bond donors (Lipinski definition) is 0. The highest BCUT2D eigenvalue weighted by atomic mass is 32.1. The van der Waals surface area contributed by atoms with Crippen molar-refractivity contribution in [2.45, 2.75) is 20.8 Å².